The predicted octanol–water partition coefficient (Wildman–Crippen LogP) is 3.60. The Morgan fingerprint density at radius 1 is 1.22 bits per heavy atom. The van der Waals surface area contributed by atoms with E-state index in [1.165, 1.54) is 12.1 Å². The van der Waals surface area contributed by atoms with Crippen LogP contribution in [0.5, 0.6) is 0 Å². The van der Waals surface area contributed by atoms with Crippen LogP contribution in [-0.2, 0) is 0 Å². The largest absolute Gasteiger partial charge is 0.389 e. The summed E-state index contributed by atoms with van der Waals surface area (Å²) in [5.74, 6) is -0.321. The summed E-state index contributed by atoms with van der Waals surface area (Å²) in [6.45, 7) is 0.390. The van der Waals surface area contributed by atoms with Gasteiger partial charge in [-0.3, -0.25) is 0 Å². The fourth-order valence-corrected chi connectivity index (χ4v) is 3.21. The second kappa shape index (κ2) is 6.71. The predicted molar refractivity (Wildman–Crippen MR) is 91.4 cm³/mol. The van der Waals surface area contributed by atoms with Gasteiger partial charge >= 0.3 is 0 Å². The first-order valence-corrected chi connectivity index (χ1v) is 7.83. The molecule has 0 saturated heterocycles. The second-order valence-corrected chi connectivity index (χ2v) is 5.93. The zero-order valence-corrected chi connectivity index (χ0v) is 13.5. The Kier molecular flexibility index (Phi) is 4.66. The van der Waals surface area contributed by atoms with E-state index in [-0.39, 0.29) is 5.82 Å². The molecule has 120 valence electrons. The fraction of sp³-hybridized carbons (Fsp3) is 0.222. The van der Waals surface area contributed by atoms with Crippen LogP contribution in [0.25, 0.3) is 10.9 Å². The summed E-state index contributed by atoms with van der Waals surface area (Å²) in [7, 11) is 1.77. The Morgan fingerprint density at radius 3 is 2.74 bits per heavy atom. The molecule has 0 bridgehead atoms. The number of aliphatic hydroxyl groups excluding tert-OH is 1. The number of hydrogen-bond donors (Lipinski definition) is 2. The lowest BCUT2D eigenvalue weighted by Crippen LogP contribution is -2.33. The summed E-state index contributed by atoms with van der Waals surface area (Å²) in [5, 5.41) is 15.2. The Hall–Kier alpha value is -1.88. The van der Waals surface area contributed by atoms with Gasteiger partial charge in [0.25, 0.3) is 0 Å². The minimum atomic E-state index is -0.712. The van der Waals surface area contributed by atoms with E-state index in [9.17, 15) is 9.50 Å². The summed E-state index contributed by atoms with van der Waals surface area (Å²) < 4.78 is 15.6. The van der Waals surface area contributed by atoms with Crippen LogP contribution in [0, 0.1) is 5.82 Å². The molecule has 0 aliphatic heterocycles. The molecule has 1 heterocycles. The normalized spacial score (nSPS) is 14.1. The van der Waals surface area contributed by atoms with Crippen LogP contribution in [-0.4, -0.2) is 29.4 Å². The zero-order valence-electron chi connectivity index (χ0n) is 12.7. The molecular formula is C18H18ClFN2O. The number of nitrogens with zero attached hydrogens (tertiary/aromatic N) is 1. The molecule has 1 aromatic heterocycles. The number of nitrogens with one attached hydrogen (secondary N) is 1. The van der Waals surface area contributed by atoms with Crippen LogP contribution in [0.15, 0.2) is 54.7 Å². The number of benzene rings is 2. The van der Waals surface area contributed by atoms with Crippen LogP contribution in [0.4, 0.5) is 4.39 Å². The molecule has 0 radical (unpaired) electrons. The van der Waals surface area contributed by atoms with E-state index in [4.69, 9.17) is 11.6 Å². The van der Waals surface area contributed by atoms with Crippen molar-refractivity contribution in [2.45, 2.75) is 12.1 Å². The van der Waals surface area contributed by atoms with E-state index >= 15 is 0 Å². The Bertz CT molecular complexity index is 818. The molecule has 0 aliphatic rings. The third-order valence-electron chi connectivity index (χ3n) is 3.98. The monoisotopic (exact) mass is 332 g/mol. The van der Waals surface area contributed by atoms with Crippen molar-refractivity contribution >= 4 is 22.5 Å². The number of aliphatic hydroxyl groups is 1. The molecule has 0 amide bonds. The topological polar surface area (TPSA) is 37.2 Å². The highest BCUT2D eigenvalue weighted by Crippen LogP contribution is 2.31. The molecule has 2 N–H and O–H groups in total. The minimum absolute atomic E-state index is 0.321. The minimum Gasteiger partial charge on any atom is -0.389 e. The molecule has 2 unspecified atom stereocenters. The van der Waals surface area contributed by atoms with Gasteiger partial charge < -0.3 is 15.0 Å². The lowest BCUT2D eigenvalue weighted by atomic mass is 10.0. The van der Waals surface area contributed by atoms with Crippen molar-refractivity contribution in [1.82, 2.24) is 9.88 Å². The molecule has 0 fully saturated rings. The van der Waals surface area contributed by atoms with Gasteiger partial charge in [0.2, 0.25) is 0 Å². The van der Waals surface area contributed by atoms with Crippen molar-refractivity contribution in [3.63, 3.8) is 0 Å². The highest BCUT2D eigenvalue weighted by molar-refractivity contribution is 6.35. The average molecular weight is 333 g/mol. The van der Waals surface area contributed by atoms with Crippen molar-refractivity contribution in [3.05, 3.63) is 71.1 Å². The molecule has 23 heavy (non-hydrogen) atoms. The van der Waals surface area contributed by atoms with Crippen molar-refractivity contribution < 1.29 is 9.50 Å². The number of rotatable bonds is 5. The molecule has 3 rings (SSSR count). The fourth-order valence-electron chi connectivity index (χ4n) is 2.97. The maximum Gasteiger partial charge on any atom is 0.123 e. The quantitative estimate of drug-likeness (QED) is 0.749. The maximum atomic E-state index is 13.7. The maximum absolute atomic E-state index is 13.7. The molecule has 2 atom stereocenters. The number of aromatic nitrogens is 1. The molecule has 3 aromatic rings. The van der Waals surface area contributed by atoms with Gasteiger partial charge in [-0.1, -0.05) is 29.8 Å². The van der Waals surface area contributed by atoms with Crippen LogP contribution in [0.3, 0.4) is 0 Å². The van der Waals surface area contributed by atoms with Crippen LogP contribution in [0.1, 0.15) is 11.6 Å². The van der Waals surface area contributed by atoms with Crippen molar-refractivity contribution in [1.29, 1.82) is 0 Å². The smallest absolute Gasteiger partial charge is 0.123 e. The van der Waals surface area contributed by atoms with Gasteiger partial charge in [-0.2, -0.15) is 0 Å². The van der Waals surface area contributed by atoms with Crippen molar-refractivity contribution in [2.24, 2.45) is 0 Å². The van der Waals surface area contributed by atoms with Crippen LogP contribution >= 0.6 is 11.6 Å². The number of likely N-dealkylation sites (N-methyl/N-ethyl adjacent to an activating group) is 1. The molecule has 0 saturated carbocycles. The van der Waals surface area contributed by atoms with Gasteiger partial charge in [-0.15, -0.1) is 0 Å². The first-order valence-electron chi connectivity index (χ1n) is 7.45. The lowest BCUT2D eigenvalue weighted by Gasteiger charge is -2.26. The van der Waals surface area contributed by atoms with Gasteiger partial charge in [-0.05, 0) is 42.9 Å². The van der Waals surface area contributed by atoms with Gasteiger partial charge in [0.15, 0.2) is 0 Å². The highest BCUT2D eigenvalue weighted by Gasteiger charge is 2.24. The van der Waals surface area contributed by atoms with E-state index in [0.717, 1.165) is 10.9 Å². The molecule has 0 aliphatic carbocycles. The molecule has 5 heteroatoms. The SMILES string of the molecule is CNCC(O)C(c1cccc(F)c1)n1ccc2c(Cl)cccc21. The summed E-state index contributed by atoms with van der Waals surface area (Å²) in [5.41, 5.74) is 1.62. The Labute approximate surface area is 139 Å². The van der Waals surface area contributed by atoms with Crippen LogP contribution < -0.4 is 5.32 Å². The van der Waals surface area contributed by atoms with E-state index in [2.05, 4.69) is 5.32 Å². The Morgan fingerprint density at radius 2 is 2.00 bits per heavy atom. The standard InChI is InChI=1S/C18H18ClFN2O/c1-21-11-17(23)18(12-4-2-5-13(20)10-12)22-9-8-14-15(19)6-3-7-16(14)22/h2-10,17-18,21,23H,11H2,1H3. The summed E-state index contributed by atoms with van der Waals surface area (Å²) >= 11 is 6.24. The third-order valence-corrected chi connectivity index (χ3v) is 4.31. The van der Waals surface area contributed by atoms with Gasteiger partial charge in [0, 0.05) is 23.2 Å². The van der Waals surface area contributed by atoms with Crippen molar-refractivity contribution in [3.8, 4) is 0 Å². The van der Waals surface area contributed by atoms with E-state index in [0.29, 0.717) is 17.1 Å². The third kappa shape index (κ3) is 3.11. The first-order chi connectivity index (χ1) is 11.1. The number of hydrogen-bond acceptors (Lipinski definition) is 2. The van der Waals surface area contributed by atoms with Crippen molar-refractivity contribution in [2.75, 3.05) is 13.6 Å². The lowest BCUT2D eigenvalue weighted by molar-refractivity contribution is 0.132. The summed E-state index contributed by atoms with van der Waals surface area (Å²) in [6, 6.07) is 13.5. The Balaban J connectivity index is 2.16. The molecule has 2 aromatic carbocycles. The molecule has 3 nitrogen and oxygen atoms in total. The number of fused-ring (bicyclic) bond motifs is 1. The second-order valence-electron chi connectivity index (χ2n) is 5.52. The van der Waals surface area contributed by atoms with E-state index in [1.807, 2.05) is 41.1 Å². The summed E-state index contributed by atoms with van der Waals surface area (Å²) in [4.78, 5) is 0. The highest BCUT2D eigenvalue weighted by atomic mass is 35.5. The van der Waals surface area contributed by atoms with Gasteiger partial charge in [0.1, 0.15) is 5.82 Å². The van der Waals surface area contributed by atoms with Gasteiger partial charge in [0.05, 0.1) is 17.7 Å². The van der Waals surface area contributed by atoms with E-state index < -0.39 is 12.1 Å². The zero-order chi connectivity index (χ0) is 16.4. The van der Waals surface area contributed by atoms with Gasteiger partial charge in [-0.25, -0.2) is 4.39 Å². The first kappa shape index (κ1) is 16.0. The van der Waals surface area contributed by atoms with Crippen LogP contribution in [0.2, 0.25) is 5.02 Å². The average Bonchev–Trinajstić information content (AvgIpc) is 2.93. The molecular weight excluding hydrogens is 315 g/mol. The molecule has 0 spiro atoms. The van der Waals surface area contributed by atoms with E-state index in [1.54, 1.807) is 13.1 Å². The number of halogens is 2. The summed E-state index contributed by atoms with van der Waals surface area (Å²) in [6.07, 6.45) is 1.17.